The molecule has 0 aliphatic carbocycles. The first kappa shape index (κ1) is 15.0. The van der Waals surface area contributed by atoms with E-state index in [9.17, 15) is 9.70 Å². The van der Waals surface area contributed by atoms with Gasteiger partial charge in [0, 0.05) is 36.5 Å². The first-order valence-corrected chi connectivity index (χ1v) is 8.33. The fourth-order valence-electron chi connectivity index (χ4n) is 2.55. The average molecular weight is 315 g/mol. The second-order valence-corrected chi connectivity index (χ2v) is 6.36. The van der Waals surface area contributed by atoms with E-state index in [4.69, 9.17) is 0 Å². The van der Waals surface area contributed by atoms with Crippen LogP contribution in [-0.4, -0.2) is 27.6 Å². The Bertz CT molecular complexity index is 709. The number of nitrogens with zero attached hydrogens (tertiary/aromatic N) is 3. The average Bonchev–Trinajstić information content (AvgIpc) is 3.04. The molecule has 22 heavy (non-hydrogen) atoms. The van der Waals surface area contributed by atoms with Crippen LogP contribution in [0, 0.1) is 4.91 Å². The number of aromatic nitrogens is 1. The van der Waals surface area contributed by atoms with Crippen molar-refractivity contribution in [3.05, 3.63) is 69.0 Å². The third-order valence-electron chi connectivity index (χ3n) is 3.73. The zero-order chi connectivity index (χ0) is 15.4. The SMILES string of the molecule is O=Nc1c(CN2CCSC2)ccn(Cc2ccccc2)c1=O. The Morgan fingerprint density at radius 2 is 1.95 bits per heavy atom. The van der Waals surface area contributed by atoms with Crippen LogP contribution >= 0.6 is 11.8 Å². The molecule has 1 aromatic heterocycles. The van der Waals surface area contributed by atoms with Crippen molar-refractivity contribution < 1.29 is 0 Å². The first-order chi connectivity index (χ1) is 10.8. The summed E-state index contributed by atoms with van der Waals surface area (Å²) in [5.41, 5.74) is 1.45. The third kappa shape index (κ3) is 3.28. The van der Waals surface area contributed by atoms with Crippen molar-refractivity contribution in [2.24, 2.45) is 5.18 Å². The molecule has 0 N–H and O–H groups in total. The van der Waals surface area contributed by atoms with Crippen molar-refractivity contribution in [3.63, 3.8) is 0 Å². The number of rotatable bonds is 5. The smallest absolute Gasteiger partial charge is 0.280 e. The summed E-state index contributed by atoms with van der Waals surface area (Å²) in [6.07, 6.45) is 1.75. The molecule has 0 saturated carbocycles. The van der Waals surface area contributed by atoms with E-state index in [1.807, 2.05) is 48.2 Å². The van der Waals surface area contributed by atoms with Crippen LogP contribution in [-0.2, 0) is 13.1 Å². The molecule has 2 aromatic rings. The molecule has 1 aliphatic rings. The lowest BCUT2D eigenvalue weighted by Gasteiger charge is -2.15. The molecule has 0 atom stereocenters. The van der Waals surface area contributed by atoms with E-state index < -0.39 is 0 Å². The number of thioether (sulfide) groups is 1. The molecule has 0 amide bonds. The Hall–Kier alpha value is -1.92. The highest BCUT2D eigenvalue weighted by molar-refractivity contribution is 7.99. The minimum atomic E-state index is -0.316. The molecule has 5 nitrogen and oxygen atoms in total. The Labute approximate surface area is 132 Å². The molecular weight excluding hydrogens is 298 g/mol. The van der Waals surface area contributed by atoms with Crippen LogP contribution in [0.3, 0.4) is 0 Å². The quantitative estimate of drug-likeness (QED) is 0.796. The Morgan fingerprint density at radius 3 is 2.64 bits per heavy atom. The normalized spacial score (nSPS) is 15.1. The van der Waals surface area contributed by atoms with Gasteiger partial charge in [-0.2, -0.15) is 0 Å². The second kappa shape index (κ2) is 6.89. The van der Waals surface area contributed by atoms with Crippen molar-refractivity contribution in [1.29, 1.82) is 0 Å². The molecule has 114 valence electrons. The minimum absolute atomic E-state index is 0.0373. The topological polar surface area (TPSA) is 54.7 Å². The van der Waals surface area contributed by atoms with E-state index in [1.165, 1.54) is 4.57 Å². The summed E-state index contributed by atoms with van der Waals surface area (Å²) in [7, 11) is 0. The van der Waals surface area contributed by atoms with Gasteiger partial charge in [0.15, 0.2) is 5.69 Å². The monoisotopic (exact) mass is 315 g/mol. The zero-order valence-corrected chi connectivity index (χ0v) is 13.0. The summed E-state index contributed by atoms with van der Waals surface area (Å²) in [6.45, 7) is 2.04. The Balaban J connectivity index is 1.87. The van der Waals surface area contributed by atoms with Gasteiger partial charge in [-0.1, -0.05) is 30.3 Å². The van der Waals surface area contributed by atoms with E-state index >= 15 is 0 Å². The van der Waals surface area contributed by atoms with Crippen molar-refractivity contribution >= 4 is 17.4 Å². The van der Waals surface area contributed by atoms with Crippen LogP contribution in [0.2, 0.25) is 0 Å². The van der Waals surface area contributed by atoms with Gasteiger partial charge in [-0.05, 0) is 16.8 Å². The molecule has 3 rings (SSSR count). The molecule has 1 aliphatic heterocycles. The van der Waals surface area contributed by atoms with Gasteiger partial charge in [0.2, 0.25) is 0 Å². The standard InChI is InChI=1S/C16H17N3O2S/c20-16-15(17-21)14(11-18-8-9-22-12-18)6-7-19(16)10-13-4-2-1-3-5-13/h1-7H,8-12H2. The van der Waals surface area contributed by atoms with Gasteiger partial charge in [0.25, 0.3) is 5.56 Å². The number of hydrogen-bond acceptors (Lipinski definition) is 5. The molecule has 1 saturated heterocycles. The fourth-order valence-corrected chi connectivity index (χ4v) is 3.54. The predicted octanol–water partition coefficient (Wildman–Crippen LogP) is 2.80. The first-order valence-electron chi connectivity index (χ1n) is 7.17. The van der Waals surface area contributed by atoms with Gasteiger partial charge in [0.05, 0.1) is 6.54 Å². The summed E-state index contributed by atoms with van der Waals surface area (Å²) in [6, 6.07) is 11.5. The Kier molecular flexibility index (Phi) is 4.70. The van der Waals surface area contributed by atoms with Crippen molar-refractivity contribution in [1.82, 2.24) is 9.47 Å². The van der Waals surface area contributed by atoms with E-state index in [0.717, 1.165) is 23.7 Å². The Morgan fingerprint density at radius 1 is 1.14 bits per heavy atom. The summed E-state index contributed by atoms with van der Waals surface area (Å²) >= 11 is 1.86. The van der Waals surface area contributed by atoms with Gasteiger partial charge < -0.3 is 4.57 Å². The molecule has 0 unspecified atom stereocenters. The maximum Gasteiger partial charge on any atom is 0.280 e. The lowest BCUT2D eigenvalue weighted by Crippen LogP contribution is -2.24. The lowest BCUT2D eigenvalue weighted by atomic mass is 10.2. The van der Waals surface area contributed by atoms with Crippen LogP contribution in [0.25, 0.3) is 0 Å². The largest absolute Gasteiger partial charge is 0.309 e. The van der Waals surface area contributed by atoms with Crippen LogP contribution in [0.4, 0.5) is 5.69 Å². The molecule has 1 fully saturated rings. The van der Waals surface area contributed by atoms with E-state index in [1.54, 1.807) is 6.20 Å². The summed E-state index contributed by atoms with van der Waals surface area (Å²) in [4.78, 5) is 25.8. The minimum Gasteiger partial charge on any atom is -0.309 e. The third-order valence-corrected chi connectivity index (χ3v) is 4.75. The van der Waals surface area contributed by atoms with Gasteiger partial charge in [-0.3, -0.25) is 9.69 Å². The van der Waals surface area contributed by atoms with Crippen LogP contribution in [0.15, 0.2) is 52.6 Å². The molecule has 1 aromatic carbocycles. The van der Waals surface area contributed by atoms with Gasteiger partial charge >= 0.3 is 0 Å². The van der Waals surface area contributed by atoms with Crippen LogP contribution in [0.1, 0.15) is 11.1 Å². The predicted molar refractivity (Wildman–Crippen MR) is 89.4 cm³/mol. The molecular formula is C16H17N3O2S. The van der Waals surface area contributed by atoms with Crippen molar-refractivity contribution in [3.8, 4) is 0 Å². The number of pyridine rings is 1. The van der Waals surface area contributed by atoms with E-state index in [-0.39, 0.29) is 11.2 Å². The van der Waals surface area contributed by atoms with Crippen molar-refractivity contribution in [2.75, 3.05) is 18.2 Å². The fraction of sp³-hybridized carbons (Fsp3) is 0.312. The number of benzene rings is 1. The number of hydrogen-bond donors (Lipinski definition) is 0. The molecule has 0 bridgehead atoms. The highest BCUT2D eigenvalue weighted by Crippen LogP contribution is 2.21. The highest BCUT2D eigenvalue weighted by Gasteiger charge is 2.17. The molecule has 0 spiro atoms. The zero-order valence-electron chi connectivity index (χ0n) is 12.1. The second-order valence-electron chi connectivity index (χ2n) is 5.29. The van der Waals surface area contributed by atoms with E-state index in [0.29, 0.717) is 18.7 Å². The molecule has 6 heteroatoms. The summed E-state index contributed by atoms with van der Waals surface area (Å²) in [5.74, 6) is 2.03. The van der Waals surface area contributed by atoms with Crippen LogP contribution < -0.4 is 5.56 Å². The van der Waals surface area contributed by atoms with Crippen LogP contribution in [0.5, 0.6) is 0 Å². The van der Waals surface area contributed by atoms with Gasteiger partial charge in [0.1, 0.15) is 0 Å². The maximum absolute atomic E-state index is 12.4. The highest BCUT2D eigenvalue weighted by atomic mass is 32.2. The molecule has 0 radical (unpaired) electrons. The van der Waals surface area contributed by atoms with Gasteiger partial charge in [-0.15, -0.1) is 16.7 Å². The van der Waals surface area contributed by atoms with Crippen molar-refractivity contribution in [2.45, 2.75) is 13.1 Å². The number of nitroso groups, excluding NO2 is 1. The summed E-state index contributed by atoms with van der Waals surface area (Å²) < 4.78 is 1.54. The van der Waals surface area contributed by atoms with Gasteiger partial charge in [-0.25, -0.2) is 0 Å². The molecule has 2 heterocycles. The maximum atomic E-state index is 12.4. The lowest BCUT2D eigenvalue weighted by molar-refractivity contribution is 0.349. The van der Waals surface area contributed by atoms with E-state index in [2.05, 4.69) is 10.1 Å². The summed E-state index contributed by atoms with van der Waals surface area (Å²) in [5, 5.41) is 3.00.